The largest absolute Gasteiger partial charge is 0.451 e. The molecular weight excluding hydrogens is 388 g/mol. The second kappa shape index (κ2) is 7.84. The summed E-state index contributed by atoms with van der Waals surface area (Å²) in [4.78, 5) is 27.1. The number of aromatic amines is 1. The van der Waals surface area contributed by atoms with Gasteiger partial charge in [-0.1, -0.05) is 6.07 Å². The Morgan fingerprint density at radius 1 is 1.32 bits per heavy atom. The molecule has 3 N–H and O–H groups in total. The van der Waals surface area contributed by atoms with Crippen molar-refractivity contribution in [3.05, 3.63) is 50.8 Å². The second-order valence-electron chi connectivity index (χ2n) is 5.95. The van der Waals surface area contributed by atoms with Gasteiger partial charge in [-0.15, -0.1) is 0 Å². The highest BCUT2D eigenvalue weighted by Gasteiger charge is 2.21. The van der Waals surface area contributed by atoms with Crippen LogP contribution in [0.5, 0.6) is 0 Å². The van der Waals surface area contributed by atoms with Crippen LogP contribution in [0.3, 0.4) is 0 Å². The van der Waals surface area contributed by atoms with Crippen LogP contribution in [0.2, 0.25) is 0 Å². The molecule has 0 bridgehead atoms. The molecule has 0 aliphatic carbocycles. The number of carbonyl (C=O) groups is 2. The first-order chi connectivity index (χ1) is 11.7. The molecule has 0 unspecified atom stereocenters. The minimum absolute atomic E-state index is 0.248. The Morgan fingerprint density at radius 2 is 2.00 bits per heavy atom. The highest BCUT2D eigenvalue weighted by molar-refractivity contribution is 9.10. The molecule has 0 spiro atoms. The molecule has 1 atom stereocenters. The van der Waals surface area contributed by atoms with Crippen LogP contribution in [0.15, 0.2) is 22.7 Å². The Kier molecular flexibility index (Phi) is 6.02. The molecule has 0 aliphatic rings. The number of H-pyrrole nitrogens is 1. The lowest BCUT2D eigenvalue weighted by molar-refractivity contribution is -0.119. The Balaban J connectivity index is 2.00. The molecule has 6 nitrogen and oxygen atoms in total. The highest BCUT2D eigenvalue weighted by Crippen LogP contribution is 2.25. The van der Waals surface area contributed by atoms with E-state index in [1.807, 2.05) is 19.1 Å². The van der Waals surface area contributed by atoms with Crippen molar-refractivity contribution in [3.63, 3.8) is 0 Å². The monoisotopic (exact) mass is 408 g/mol. The number of aliphatic hydroxyl groups excluding tert-OH is 1. The molecule has 0 saturated carbocycles. The van der Waals surface area contributed by atoms with Crippen molar-refractivity contribution < 1.29 is 19.4 Å². The number of rotatable bonds is 5. The van der Waals surface area contributed by atoms with Gasteiger partial charge in [0.2, 0.25) is 0 Å². The van der Waals surface area contributed by atoms with Gasteiger partial charge >= 0.3 is 5.97 Å². The predicted octanol–water partition coefficient (Wildman–Crippen LogP) is 3.55. The zero-order valence-electron chi connectivity index (χ0n) is 14.6. The molecule has 1 aromatic carbocycles. The molecular formula is C18H21BrN2O4. The van der Waals surface area contributed by atoms with Crippen molar-refractivity contribution in [2.75, 3.05) is 11.9 Å². The van der Waals surface area contributed by atoms with Crippen molar-refractivity contribution in [2.45, 2.75) is 33.8 Å². The lowest BCUT2D eigenvalue weighted by Gasteiger charge is -2.09. The van der Waals surface area contributed by atoms with Crippen molar-refractivity contribution in [1.82, 2.24) is 4.98 Å². The van der Waals surface area contributed by atoms with E-state index in [0.717, 1.165) is 10.0 Å². The van der Waals surface area contributed by atoms with E-state index in [1.54, 1.807) is 26.8 Å². The molecule has 0 saturated heterocycles. The van der Waals surface area contributed by atoms with Crippen LogP contribution in [0.4, 0.5) is 5.69 Å². The molecule has 2 aromatic rings. The van der Waals surface area contributed by atoms with Gasteiger partial charge in [0.05, 0.1) is 11.8 Å². The number of ether oxygens (including phenoxy) is 1. The molecule has 0 fully saturated rings. The number of esters is 1. The summed E-state index contributed by atoms with van der Waals surface area (Å²) < 4.78 is 5.83. The van der Waals surface area contributed by atoms with Crippen LogP contribution in [0.25, 0.3) is 0 Å². The fourth-order valence-electron chi connectivity index (χ4n) is 2.71. The number of aromatic nitrogens is 1. The molecule has 7 heteroatoms. The van der Waals surface area contributed by atoms with Crippen LogP contribution in [0.1, 0.15) is 45.9 Å². The molecule has 25 heavy (non-hydrogen) atoms. The third kappa shape index (κ3) is 4.49. The zero-order valence-corrected chi connectivity index (χ0v) is 16.2. The minimum Gasteiger partial charge on any atom is -0.451 e. The lowest BCUT2D eigenvalue weighted by Crippen LogP contribution is -2.21. The highest BCUT2D eigenvalue weighted by atomic mass is 79.9. The van der Waals surface area contributed by atoms with Crippen LogP contribution in [-0.4, -0.2) is 28.6 Å². The summed E-state index contributed by atoms with van der Waals surface area (Å²) >= 11 is 3.37. The zero-order chi connectivity index (χ0) is 18.7. The summed E-state index contributed by atoms with van der Waals surface area (Å²) in [7, 11) is 0. The number of hydrogen-bond acceptors (Lipinski definition) is 4. The van der Waals surface area contributed by atoms with Gasteiger partial charge < -0.3 is 20.1 Å². The Hall–Kier alpha value is -2.12. The van der Waals surface area contributed by atoms with E-state index in [9.17, 15) is 14.7 Å². The van der Waals surface area contributed by atoms with Gasteiger partial charge in [-0.25, -0.2) is 4.79 Å². The predicted molar refractivity (Wildman–Crippen MR) is 98.7 cm³/mol. The Bertz CT molecular complexity index is 812. The summed E-state index contributed by atoms with van der Waals surface area (Å²) in [5.74, 6) is -1.07. The van der Waals surface area contributed by atoms with E-state index in [1.165, 1.54) is 0 Å². The number of nitrogens with one attached hydrogen (secondary N) is 2. The average Bonchev–Trinajstić information content (AvgIpc) is 2.82. The molecule has 2 rings (SSSR count). The fraction of sp³-hybridized carbons (Fsp3) is 0.333. The van der Waals surface area contributed by atoms with Gasteiger partial charge in [-0.3, -0.25) is 4.79 Å². The molecule has 1 amide bonds. The standard InChI is InChI=1S/C18H21BrN2O4/c1-9-5-6-14(13(19)7-9)21-15(23)8-25-18(24)17-10(2)16(12(4)22)11(3)20-17/h5-7,12,20,22H,8H2,1-4H3,(H,21,23)/t12-/m1/s1. The SMILES string of the molecule is Cc1ccc(NC(=O)COC(=O)c2[nH]c(C)c([C@@H](C)O)c2C)c(Br)c1. The van der Waals surface area contributed by atoms with Gasteiger partial charge in [0, 0.05) is 15.7 Å². The van der Waals surface area contributed by atoms with E-state index in [0.29, 0.717) is 22.5 Å². The Labute approximate surface area is 154 Å². The van der Waals surface area contributed by atoms with E-state index >= 15 is 0 Å². The summed E-state index contributed by atoms with van der Waals surface area (Å²) in [6, 6.07) is 5.52. The second-order valence-corrected chi connectivity index (χ2v) is 6.80. The number of halogens is 1. The first-order valence-corrected chi connectivity index (χ1v) is 8.60. The maximum absolute atomic E-state index is 12.2. The number of anilines is 1. The number of hydrogen-bond donors (Lipinski definition) is 3. The van der Waals surface area contributed by atoms with Crippen molar-refractivity contribution in [2.24, 2.45) is 0 Å². The maximum Gasteiger partial charge on any atom is 0.355 e. The average molecular weight is 409 g/mol. The van der Waals surface area contributed by atoms with Crippen molar-refractivity contribution in [1.29, 1.82) is 0 Å². The van der Waals surface area contributed by atoms with Crippen LogP contribution >= 0.6 is 15.9 Å². The van der Waals surface area contributed by atoms with Gasteiger partial charge in [0.1, 0.15) is 5.69 Å². The van der Waals surface area contributed by atoms with Crippen molar-refractivity contribution >= 4 is 33.5 Å². The summed E-state index contributed by atoms with van der Waals surface area (Å²) in [6.07, 6.45) is -0.694. The normalized spacial score (nSPS) is 11.9. The molecule has 1 heterocycles. The summed E-state index contributed by atoms with van der Waals surface area (Å²) in [5, 5.41) is 12.4. The Morgan fingerprint density at radius 3 is 2.56 bits per heavy atom. The quantitative estimate of drug-likeness (QED) is 0.659. The van der Waals surface area contributed by atoms with Crippen LogP contribution in [0, 0.1) is 20.8 Å². The smallest absolute Gasteiger partial charge is 0.355 e. The third-order valence-electron chi connectivity index (χ3n) is 3.85. The number of aliphatic hydroxyl groups is 1. The topological polar surface area (TPSA) is 91.4 Å². The molecule has 0 radical (unpaired) electrons. The molecule has 0 aliphatic heterocycles. The number of carbonyl (C=O) groups excluding carboxylic acids is 2. The summed E-state index contributed by atoms with van der Waals surface area (Å²) in [6.45, 7) is 6.67. The molecule has 1 aromatic heterocycles. The molecule has 134 valence electrons. The summed E-state index contributed by atoms with van der Waals surface area (Å²) in [5.41, 5.74) is 3.90. The van der Waals surface area contributed by atoms with E-state index in [4.69, 9.17) is 4.74 Å². The van der Waals surface area contributed by atoms with Gasteiger partial charge in [0.15, 0.2) is 6.61 Å². The third-order valence-corrected chi connectivity index (χ3v) is 4.51. The lowest BCUT2D eigenvalue weighted by atomic mass is 10.1. The fourth-order valence-corrected chi connectivity index (χ4v) is 3.30. The van der Waals surface area contributed by atoms with Gasteiger partial charge in [-0.05, 0) is 66.9 Å². The van der Waals surface area contributed by atoms with Crippen molar-refractivity contribution in [3.8, 4) is 0 Å². The first-order valence-electron chi connectivity index (χ1n) is 7.81. The maximum atomic E-state index is 12.2. The van der Waals surface area contributed by atoms with E-state index in [2.05, 4.69) is 26.2 Å². The number of aryl methyl sites for hydroxylation is 2. The number of benzene rings is 1. The van der Waals surface area contributed by atoms with Crippen LogP contribution in [-0.2, 0) is 9.53 Å². The van der Waals surface area contributed by atoms with Gasteiger partial charge in [-0.2, -0.15) is 0 Å². The van der Waals surface area contributed by atoms with Crippen LogP contribution < -0.4 is 5.32 Å². The van der Waals surface area contributed by atoms with E-state index in [-0.39, 0.29) is 5.69 Å². The number of amides is 1. The van der Waals surface area contributed by atoms with E-state index < -0.39 is 24.6 Å². The van der Waals surface area contributed by atoms with Gasteiger partial charge in [0.25, 0.3) is 5.91 Å². The minimum atomic E-state index is -0.694. The first kappa shape index (κ1) is 19.2.